The highest BCUT2D eigenvalue weighted by Crippen LogP contribution is 2.20. The monoisotopic (exact) mass is 249 g/mol. The van der Waals surface area contributed by atoms with Gasteiger partial charge in [-0.25, -0.2) is 0 Å². The normalized spacial score (nSPS) is 12.6. The Morgan fingerprint density at radius 3 is 2.82 bits per heavy atom. The standard InChI is InChI=1S/C12H15N3OS/c1-9(13)7-12-14-11(15-16-12)8-17-10-5-3-2-4-6-10/h2-6,9H,7-8,13H2,1H3. The Bertz CT molecular complexity index is 456. The van der Waals surface area contributed by atoms with Gasteiger partial charge in [-0.2, -0.15) is 4.98 Å². The zero-order valence-corrected chi connectivity index (χ0v) is 10.5. The number of thioether (sulfide) groups is 1. The molecule has 2 N–H and O–H groups in total. The van der Waals surface area contributed by atoms with Gasteiger partial charge in [0.1, 0.15) is 0 Å². The summed E-state index contributed by atoms with van der Waals surface area (Å²) in [6, 6.07) is 10.2. The average Bonchev–Trinajstić information content (AvgIpc) is 2.75. The second kappa shape index (κ2) is 5.84. The molecule has 0 aliphatic rings. The van der Waals surface area contributed by atoms with Gasteiger partial charge in [-0.3, -0.25) is 0 Å². The maximum Gasteiger partial charge on any atom is 0.228 e. The zero-order chi connectivity index (χ0) is 12.1. The molecule has 0 spiro atoms. The van der Waals surface area contributed by atoms with Gasteiger partial charge in [-0.05, 0) is 19.1 Å². The molecule has 1 aromatic carbocycles. The smallest absolute Gasteiger partial charge is 0.228 e. The van der Waals surface area contributed by atoms with Crippen LogP contribution < -0.4 is 5.73 Å². The van der Waals surface area contributed by atoms with E-state index in [0.29, 0.717) is 18.1 Å². The Hall–Kier alpha value is -1.33. The second-order valence-corrected chi connectivity index (χ2v) is 4.94. The third-order valence-corrected chi connectivity index (χ3v) is 3.13. The quantitative estimate of drug-likeness (QED) is 0.823. The predicted molar refractivity (Wildman–Crippen MR) is 67.7 cm³/mol. The molecule has 0 radical (unpaired) electrons. The molecule has 0 saturated heterocycles. The first-order chi connectivity index (χ1) is 8.24. The van der Waals surface area contributed by atoms with Crippen LogP contribution in [0.5, 0.6) is 0 Å². The first kappa shape index (κ1) is 12.1. The maximum absolute atomic E-state index is 5.67. The summed E-state index contributed by atoms with van der Waals surface area (Å²) in [5.41, 5.74) is 5.67. The minimum absolute atomic E-state index is 0.0464. The van der Waals surface area contributed by atoms with Crippen molar-refractivity contribution in [3.63, 3.8) is 0 Å². The second-order valence-electron chi connectivity index (χ2n) is 3.89. The molecule has 4 nitrogen and oxygen atoms in total. The topological polar surface area (TPSA) is 64.9 Å². The van der Waals surface area contributed by atoms with E-state index < -0.39 is 0 Å². The third kappa shape index (κ3) is 3.87. The van der Waals surface area contributed by atoms with Crippen LogP contribution in [0.2, 0.25) is 0 Å². The molecule has 0 amide bonds. The van der Waals surface area contributed by atoms with Gasteiger partial charge >= 0.3 is 0 Å². The van der Waals surface area contributed by atoms with Gasteiger partial charge in [0, 0.05) is 17.4 Å². The highest BCUT2D eigenvalue weighted by atomic mass is 32.2. The molecule has 17 heavy (non-hydrogen) atoms. The van der Waals surface area contributed by atoms with E-state index in [1.165, 1.54) is 4.90 Å². The van der Waals surface area contributed by atoms with Gasteiger partial charge in [0.25, 0.3) is 0 Å². The molecular weight excluding hydrogens is 234 g/mol. The molecule has 0 fully saturated rings. The van der Waals surface area contributed by atoms with Gasteiger partial charge < -0.3 is 10.3 Å². The molecule has 2 aromatic rings. The summed E-state index contributed by atoms with van der Waals surface area (Å²) in [6.07, 6.45) is 0.628. The molecular formula is C12H15N3OS. The van der Waals surface area contributed by atoms with E-state index in [-0.39, 0.29) is 6.04 Å². The van der Waals surface area contributed by atoms with Crippen molar-refractivity contribution in [1.82, 2.24) is 10.1 Å². The van der Waals surface area contributed by atoms with Crippen molar-refractivity contribution < 1.29 is 4.52 Å². The zero-order valence-electron chi connectivity index (χ0n) is 9.67. The number of nitrogens with two attached hydrogens (primary N) is 1. The molecule has 1 heterocycles. The lowest BCUT2D eigenvalue weighted by Crippen LogP contribution is -2.17. The van der Waals surface area contributed by atoms with Gasteiger partial charge in [-0.15, -0.1) is 11.8 Å². The summed E-state index contributed by atoms with van der Waals surface area (Å²) >= 11 is 1.69. The van der Waals surface area contributed by atoms with Crippen molar-refractivity contribution in [3.8, 4) is 0 Å². The van der Waals surface area contributed by atoms with Crippen molar-refractivity contribution in [1.29, 1.82) is 0 Å². The molecule has 0 aliphatic heterocycles. The lowest BCUT2D eigenvalue weighted by atomic mass is 10.2. The number of hydrogen-bond acceptors (Lipinski definition) is 5. The van der Waals surface area contributed by atoms with Crippen LogP contribution in [0.1, 0.15) is 18.6 Å². The van der Waals surface area contributed by atoms with E-state index in [0.717, 1.165) is 5.82 Å². The van der Waals surface area contributed by atoms with Gasteiger partial charge in [0.2, 0.25) is 5.89 Å². The summed E-state index contributed by atoms with van der Waals surface area (Å²) in [4.78, 5) is 5.49. The summed E-state index contributed by atoms with van der Waals surface area (Å²) in [6.45, 7) is 1.92. The Labute approximate surface area is 105 Å². The summed E-state index contributed by atoms with van der Waals surface area (Å²) in [7, 11) is 0. The van der Waals surface area contributed by atoms with Crippen molar-refractivity contribution in [2.24, 2.45) is 5.73 Å². The van der Waals surface area contributed by atoms with E-state index in [2.05, 4.69) is 22.3 Å². The van der Waals surface area contributed by atoms with E-state index in [1.54, 1.807) is 11.8 Å². The van der Waals surface area contributed by atoms with Gasteiger partial charge in [0.05, 0.1) is 5.75 Å². The van der Waals surface area contributed by atoms with E-state index in [4.69, 9.17) is 10.3 Å². The molecule has 0 saturated carbocycles. The van der Waals surface area contributed by atoms with Gasteiger partial charge in [0.15, 0.2) is 5.82 Å². The lowest BCUT2D eigenvalue weighted by Gasteiger charge is -1.97. The Balaban J connectivity index is 1.89. The maximum atomic E-state index is 5.67. The largest absolute Gasteiger partial charge is 0.339 e. The summed E-state index contributed by atoms with van der Waals surface area (Å²) in [5.74, 6) is 2.05. The number of aromatic nitrogens is 2. The molecule has 5 heteroatoms. The highest BCUT2D eigenvalue weighted by Gasteiger charge is 2.08. The lowest BCUT2D eigenvalue weighted by molar-refractivity contribution is 0.368. The molecule has 2 rings (SSSR count). The van der Waals surface area contributed by atoms with E-state index in [1.807, 2.05) is 25.1 Å². The van der Waals surface area contributed by atoms with Crippen molar-refractivity contribution in [2.75, 3.05) is 0 Å². The fourth-order valence-corrected chi connectivity index (χ4v) is 2.13. The molecule has 1 aromatic heterocycles. The first-order valence-corrected chi connectivity index (χ1v) is 6.47. The first-order valence-electron chi connectivity index (χ1n) is 5.49. The molecule has 1 unspecified atom stereocenters. The summed E-state index contributed by atoms with van der Waals surface area (Å²) < 4.78 is 5.11. The van der Waals surface area contributed by atoms with Crippen molar-refractivity contribution >= 4 is 11.8 Å². The van der Waals surface area contributed by atoms with Crippen LogP contribution in [0.3, 0.4) is 0 Å². The SMILES string of the molecule is CC(N)Cc1nc(CSc2ccccc2)no1. The van der Waals surface area contributed by atoms with Crippen molar-refractivity contribution in [3.05, 3.63) is 42.0 Å². The minimum atomic E-state index is 0.0464. The number of hydrogen-bond donors (Lipinski definition) is 1. The molecule has 0 aliphatic carbocycles. The number of rotatable bonds is 5. The van der Waals surface area contributed by atoms with Crippen LogP contribution >= 0.6 is 11.8 Å². The fraction of sp³-hybridized carbons (Fsp3) is 0.333. The van der Waals surface area contributed by atoms with Crippen molar-refractivity contribution in [2.45, 2.75) is 30.0 Å². The van der Waals surface area contributed by atoms with E-state index in [9.17, 15) is 0 Å². The molecule has 0 bridgehead atoms. The van der Waals surface area contributed by atoms with Crippen LogP contribution in [0.25, 0.3) is 0 Å². The minimum Gasteiger partial charge on any atom is -0.339 e. The van der Waals surface area contributed by atoms with Crippen LogP contribution in [0.4, 0.5) is 0 Å². The molecule has 90 valence electrons. The number of nitrogens with zero attached hydrogens (tertiary/aromatic N) is 2. The summed E-state index contributed by atoms with van der Waals surface area (Å²) in [5, 5.41) is 3.92. The Kier molecular flexibility index (Phi) is 4.17. The van der Waals surface area contributed by atoms with Crippen LogP contribution in [0.15, 0.2) is 39.8 Å². The predicted octanol–water partition coefficient (Wildman–Crippen LogP) is 2.25. The van der Waals surface area contributed by atoms with E-state index >= 15 is 0 Å². The van der Waals surface area contributed by atoms with Crippen LogP contribution in [-0.2, 0) is 12.2 Å². The van der Waals surface area contributed by atoms with Crippen LogP contribution in [0, 0.1) is 0 Å². The van der Waals surface area contributed by atoms with Gasteiger partial charge in [-0.1, -0.05) is 23.4 Å². The third-order valence-electron chi connectivity index (χ3n) is 2.12. The molecule has 1 atom stereocenters. The average molecular weight is 249 g/mol. The Morgan fingerprint density at radius 2 is 2.12 bits per heavy atom. The highest BCUT2D eigenvalue weighted by molar-refractivity contribution is 7.98. The number of benzene rings is 1. The van der Waals surface area contributed by atoms with Crippen LogP contribution in [-0.4, -0.2) is 16.2 Å². The Morgan fingerprint density at radius 1 is 1.35 bits per heavy atom. The fourth-order valence-electron chi connectivity index (χ4n) is 1.37.